The van der Waals surface area contributed by atoms with Crippen molar-refractivity contribution in [2.24, 2.45) is 0 Å². The average Bonchev–Trinajstić information content (AvgIpc) is 2.23. The summed E-state index contributed by atoms with van der Waals surface area (Å²) in [4.78, 5) is 11.4. The van der Waals surface area contributed by atoms with Crippen LogP contribution in [0.5, 0.6) is 0 Å². The molecule has 4 nitrogen and oxygen atoms in total. The first-order valence-corrected chi connectivity index (χ1v) is 5.20. The lowest BCUT2D eigenvalue weighted by Crippen LogP contribution is -2.22. The van der Waals surface area contributed by atoms with Gasteiger partial charge in [0.15, 0.2) is 5.81 Å². The smallest absolute Gasteiger partial charge is 0.345 e. The van der Waals surface area contributed by atoms with Crippen molar-refractivity contribution in [3.8, 4) is 5.81 Å². The first kappa shape index (κ1) is 8.98. The molecule has 1 aliphatic rings. The molecule has 0 N–H and O–H groups in total. The lowest BCUT2D eigenvalue weighted by atomic mass is 10.2. The van der Waals surface area contributed by atoms with Gasteiger partial charge in [-0.3, -0.25) is 0 Å². The summed E-state index contributed by atoms with van der Waals surface area (Å²) < 4.78 is 6.67. The van der Waals surface area contributed by atoms with Gasteiger partial charge in [-0.2, -0.15) is 5.26 Å². The molecule has 1 atom stereocenters. The number of hydrogen-bond donors (Lipinski definition) is 0. The predicted molar refractivity (Wildman–Crippen MR) is 52.8 cm³/mol. The van der Waals surface area contributed by atoms with Crippen LogP contribution < -0.4 is 4.67 Å². The largest absolute Gasteiger partial charge is 0.406 e. The Balaban J connectivity index is 2.52. The minimum absolute atomic E-state index is 0.411. The molecule has 0 saturated heterocycles. The Bertz CT molecular complexity index is 427. The normalized spacial score (nSPS) is 19.6. The van der Waals surface area contributed by atoms with E-state index < -0.39 is 14.3 Å². The van der Waals surface area contributed by atoms with Gasteiger partial charge in [0.05, 0.1) is 11.3 Å². The highest BCUT2D eigenvalue weighted by Gasteiger charge is 2.30. The van der Waals surface area contributed by atoms with Crippen LogP contribution in [-0.4, -0.2) is 13.0 Å². The monoisotopic (exact) mass is 206 g/mol. The van der Waals surface area contributed by atoms with Gasteiger partial charge in [-0.15, -0.1) is 0 Å². The fourth-order valence-corrected chi connectivity index (χ4v) is 2.23. The summed E-state index contributed by atoms with van der Waals surface area (Å²) in [5.41, 5.74) is 1.28. The second kappa shape index (κ2) is 3.28. The van der Waals surface area contributed by atoms with E-state index in [2.05, 4.69) is 0 Å². The molecule has 0 bridgehead atoms. The molecule has 1 heterocycles. The molecular formula is C9H7N2O2P. The SMILES string of the molecule is CN1c2ccccc2C(=O)OP1C#N. The predicted octanol–water partition coefficient (Wildman–Crippen LogP) is 2.09. The number of rotatable bonds is 0. The van der Waals surface area contributed by atoms with Crippen LogP contribution in [0.3, 0.4) is 0 Å². The van der Waals surface area contributed by atoms with E-state index in [9.17, 15) is 4.79 Å². The Morgan fingerprint density at radius 2 is 2.21 bits per heavy atom. The maximum absolute atomic E-state index is 11.4. The van der Waals surface area contributed by atoms with Gasteiger partial charge in [-0.25, -0.2) is 4.79 Å². The molecule has 5 heteroatoms. The summed E-state index contributed by atoms with van der Waals surface area (Å²) in [6, 6.07) is 7.10. The molecule has 0 saturated carbocycles. The highest BCUT2D eigenvalue weighted by molar-refractivity contribution is 7.60. The third-order valence-corrected chi connectivity index (χ3v) is 3.27. The maximum Gasteiger partial charge on any atom is 0.345 e. The van der Waals surface area contributed by atoms with E-state index in [1.54, 1.807) is 23.9 Å². The second-order valence-electron chi connectivity index (χ2n) is 2.79. The number of nitrogens with zero attached hydrogens (tertiary/aromatic N) is 2. The molecule has 0 aromatic heterocycles. The number of nitriles is 1. The van der Waals surface area contributed by atoms with E-state index in [1.165, 1.54) is 0 Å². The Morgan fingerprint density at radius 1 is 1.50 bits per heavy atom. The van der Waals surface area contributed by atoms with Crippen LogP contribution >= 0.6 is 8.30 Å². The molecule has 1 aromatic rings. The number of fused-ring (bicyclic) bond motifs is 1. The van der Waals surface area contributed by atoms with E-state index in [1.807, 2.05) is 17.9 Å². The van der Waals surface area contributed by atoms with E-state index in [4.69, 9.17) is 9.79 Å². The quantitative estimate of drug-likeness (QED) is 0.610. The summed E-state index contributed by atoms with van der Waals surface area (Å²) in [5.74, 6) is 1.56. The second-order valence-corrected chi connectivity index (χ2v) is 4.32. The minimum Gasteiger partial charge on any atom is -0.406 e. The van der Waals surface area contributed by atoms with Crippen molar-refractivity contribution in [1.29, 1.82) is 5.26 Å². The Labute approximate surface area is 82.6 Å². The lowest BCUT2D eigenvalue weighted by molar-refractivity contribution is 0.0752. The van der Waals surface area contributed by atoms with Gasteiger partial charge in [0.1, 0.15) is 0 Å². The van der Waals surface area contributed by atoms with Crippen LogP contribution in [0.15, 0.2) is 24.3 Å². The standard InChI is InChI=1S/C9H7N2O2P/c1-11-8-5-3-2-4-7(8)9(12)13-14(11)6-10/h2-5H,1H3. The summed E-state index contributed by atoms with van der Waals surface area (Å²) in [6.07, 6.45) is 0. The third kappa shape index (κ3) is 1.23. The van der Waals surface area contributed by atoms with Gasteiger partial charge in [-0.1, -0.05) is 12.1 Å². The fraction of sp³-hybridized carbons (Fsp3) is 0.111. The van der Waals surface area contributed by atoms with Crippen LogP contribution in [0.1, 0.15) is 10.4 Å². The number of para-hydroxylation sites is 1. The average molecular weight is 206 g/mol. The molecule has 0 radical (unpaired) electrons. The fourth-order valence-electron chi connectivity index (χ4n) is 1.30. The molecule has 0 amide bonds. The van der Waals surface area contributed by atoms with E-state index in [-0.39, 0.29) is 0 Å². The van der Waals surface area contributed by atoms with Crippen molar-refractivity contribution in [1.82, 2.24) is 0 Å². The first-order valence-electron chi connectivity index (χ1n) is 3.99. The summed E-state index contributed by atoms with van der Waals surface area (Å²) >= 11 is 0. The molecule has 0 aliphatic carbocycles. The highest BCUT2D eigenvalue weighted by Crippen LogP contribution is 2.48. The molecule has 14 heavy (non-hydrogen) atoms. The third-order valence-electron chi connectivity index (χ3n) is 2.00. The number of carbonyl (C=O) groups is 1. The number of benzene rings is 1. The number of carbonyl (C=O) groups excluding carboxylic acids is 1. The van der Waals surface area contributed by atoms with Crippen molar-refractivity contribution in [2.75, 3.05) is 11.7 Å². The first-order chi connectivity index (χ1) is 6.74. The molecule has 2 rings (SSSR count). The number of anilines is 1. The van der Waals surface area contributed by atoms with Crippen molar-refractivity contribution < 1.29 is 9.32 Å². The van der Waals surface area contributed by atoms with Crippen LogP contribution in [-0.2, 0) is 4.52 Å². The molecule has 1 aliphatic heterocycles. The zero-order valence-electron chi connectivity index (χ0n) is 7.47. The van der Waals surface area contributed by atoms with Crippen LogP contribution in [0, 0.1) is 11.1 Å². The van der Waals surface area contributed by atoms with E-state index in [0.717, 1.165) is 5.69 Å². The van der Waals surface area contributed by atoms with Gasteiger partial charge >= 0.3 is 14.3 Å². The van der Waals surface area contributed by atoms with E-state index >= 15 is 0 Å². The zero-order valence-corrected chi connectivity index (χ0v) is 8.36. The topological polar surface area (TPSA) is 53.3 Å². The summed E-state index contributed by atoms with van der Waals surface area (Å²) in [5, 5.41) is 8.76. The van der Waals surface area contributed by atoms with Gasteiger partial charge in [0.25, 0.3) is 0 Å². The Kier molecular flexibility index (Phi) is 2.11. The Morgan fingerprint density at radius 3 is 2.93 bits per heavy atom. The van der Waals surface area contributed by atoms with Crippen molar-refractivity contribution in [2.45, 2.75) is 0 Å². The summed E-state index contributed by atoms with van der Waals surface area (Å²) in [7, 11) is 0.283. The van der Waals surface area contributed by atoms with Gasteiger partial charge in [-0.05, 0) is 12.1 Å². The molecule has 1 aromatic carbocycles. The summed E-state index contributed by atoms with van der Waals surface area (Å²) in [6.45, 7) is 0. The van der Waals surface area contributed by atoms with Gasteiger partial charge < -0.3 is 9.19 Å². The van der Waals surface area contributed by atoms with Crippen molar-refractivity contribution in [3.05, 3.63) is 29.8 Å². The van der Waals surface area contributed by atoms with Crippen LogP contribution in [0.4, 0.5) is 5.69 Å². The molecule has 70 valence electrons. The maximum atomic E-state index is 11.4. The van der Waals surface area contributed by atoms with E-state index in [0.29, 0.717) is 5.56 Å². The highest BCUT2D eigenvalue weighted by atomic mass is 31.2. The van der Waals surface area contributed by atoms with Crippen molar-refractivity contribution in [3.63, 3.8) is 0 Å². The molecule has 1 unspecified atom stereocenters. The van der Waals surface area contributed by atoms with Gasteiger partial charge in [0.2, 0.25) is 0 Å². The zero-order chi connectivity index (χ0) is 10.1. The molecular weight excluding hydrogens is 199 g/mol. The van der Waals surface area contributed by atoms with Crippen LogP contribution in [0.25, 0.3) is 0 Å². The van der Waals surface area contributed by atoms with Gasteiger partial charge in [0, 0.05) is 7.05 Å². The molecule has 0 spiro atoms. The number of hydrogen-bond acceptors (Lipinski definition) is 4. The van der Waals surface area contributed by atoms with Crippen LogP contribution in [0.2, 0.25) is 0 Å². The van der Waals surface area contributed by atoms with Crippen molar-refractivity contribution >= 4 is 20.0 Å². The molecule has 0 fully saturated rings. The lowest BCUT2D eigenvalue weighted by Gasteiger charge is -2.28. The Hall–Kier alpha value is -1.59. The minimum atomic E-state index is -1.47.